The molecule has 7 nitrogen and oxygen atoms in total. The van der Waals surface area contributed by atoms with Crippen LogP contribution in [0.3, 0.4) is 0 Å². The number of benzene rings is 1. The van der Waals surface area contributed by atoms with Crippen molar-refractivity contribution in [1.82, 2.24) is 5.32 Å². The third kappa shape index (κ3) is 3.99. The first-order chi connectivity index (χ1) is 10.4. The molecule has 1 amide bonds. The molecule has 3 N–H and O–H groups in total. The van der Waals surface area contributed by atoms with Crippen molar-refractivity contribution in [3.05, 3.63) is 28.8 Å². The van der Waals surface area contributed by atoms with Crippen molar-refractivity contribution in [1.29, 1.82) is 0 Å². The van der Waals surface area contributed by atoms with Crippen molar-refractivity contribution in [2.75, 3.05) is 0 Å². The first-order valence-electron chi connectivity index (χ1n) is 6.17. The smallest absolute Gasteiger partial charge is 0.305 e. The van der Waals surface area contributed by atoms with Crippen molar-refractivity contribution in [2.24, 2.45) is 10.2 Å². The number of hydrogen-bond donors (Lipinski definition) is 3. The lowest BCUT2D eigenvalue weighted by atomic mass is 10.1. The number of halogens is 1. The topological polar surface area (TPSA) is 111 Å². The molecule has 116 valence electrons. The Morgan fingerprint density at radius 1 is 1.50 bits per heavy atom. The van der Waals surface area contributed by atoms with E-state index in [2.05, 4.69) is 15.5 Å². The number of aliphatic carboxylic acids is 1. The molecule has 1 aliphatic heterocycles. The van der Waals surface area contributed by atoms with E-state index in [9.17, 15) is 14.7 Å². The maximum atomic E-state index is 11.6. The quantitative estimate of drug-likeness (QED) is 0.571. The van der Waals surface area contributed by atoms with E-state index in [1.165, 1.54) is 6.07 Å². The molecular weight excluding hydrogens is 330 g/mol. The van der Waals surface area contributed by atoms with E-state index in [-0.39, 0.29) is 17.3 Å². The summed E-state index contributed by atoms with van der Waals surface area (Å²) in [5.41, 5.74) is 0.831. The Bertz CT molecular complexity index is 690. The number of carboxylic acids is 1. The van der Waals surface area contributed by atoms with Gasteiger partial charge in [-0.2, -0.15) is 5.10 Å². The Kier molecular flexibility index (Phi) is 5.04. The average Bonchev–Trinajstić information content (AvgIpc) is 2.78. The van der Waals surface area contributed by atoms with Crippen molar-refractivity contribution < 1.29 is 19.8 Å². The minimum Gasteiger partial charge on any atom is -0.507 e. The number of carboxylic acid groups (broad SMARTS) is 1. The molecule has 1 heterocycles. The summed E-state index contributed by atoms with van der Waals surface area (Å²) >= 11 is 6.86. The van der Waals surface area contributed by atoms with E-state index < -0.39 is 17.1 Å². The molecule has 9 heteroatoms. The van der Waals surface area contributed by atoms with Crippen molar-refractivity contribution in [3.8, 4) is 5.75 Å². The highest BCUT2D eigenvalue weighted by Gasteiger charge is 2.32. The SMILES string of the molecule is CC(=N/N=C1/NC(=O)[C@@H](CC(=O)O)S1)c1cc(Cl)ccc1O. The number of phenols is 1. The van der Waals surface area contributed by atoms with Crippen molar-refractivity contribution >= 4 is 46.1 Å². The Hall–Kier alpha value is -2.06. The van der Waals surface area contributed by atoms with Crippen LogP contribution in [-0.4, -0.2) is 38.2 Å². The largest absolute Gasteiger partial charge is 0.507 e. The summed E-state index contributed by atoms with van der Waals surface area (Å²) in [6.07, 6.45) is -0.284. The Morgan fingerprint density at radius 3 is 2.91 bits per heavy atom. The molecule has 0 radical (unpaired) electrons. The zero-order chi connectivity index (χ0) is 16.3. The van der Waals surface area contributed by atoms with Crippen LogP contribution >= 0.6 is 23.4 Å². The highest BCUT2D eigenvalue weighted by molar-refractivity contribution is 8.15. The van der Waals surface area contributed by atoms with Gasteiger partial charge in [0.1, 0.15) is 11.0 Å². The zero-order valence-corrected chi connectivity index (χ0v) is 13.0. The summed E-state index contributed by atoms with van der Waals surface area (Å²) in [5.74, 6) is -1.46. The standard InChI is InChI=1S/C13H12ClN3O4S/c1-6(8-4-7(14)2-3-9(8)18)16-17-13-15-12(21)10(22-13)5-11(19)20/h2-4,10,18H,5H2,1H3,(H,19,20)(H,15,17,21)/t10-/m1/s1. The van der Waals surface area contributed by atoms with Crippen LogP contribution in [0.25, 0.3) is 0 Å². The average molecular weight is 342 g/mol. The van der Waals surface area contributed by atoms with Crippen LogP contribution in [0.1, 0.15) is 18.9 Å². The van der Waals surface area contributed by atoms with Crippen LogP contribution in [0.5, 0.6) is 5.75 Å². The summed E-state index contributed by atoms with van der Waals surface area (Å²) in [6, 6.07) is 4.53. The number of phenolic OH excluding ortho intramolecular Hbond substituents is 1. The Labute approximate surface area is 135 Å². The first-order valence-corrected chi connectivity index (χ1v) is 7.43. The van der Waals surface area contributed by atoms with Gasteiger partial charge in [-0.15, -0.1) is 5.10 Å². The van der Waals surface area contributed by atoms with Gasteiger partial charge in [0.25, 0.3) is 0 Å². The van der Waals surface area contributed by atoms with Crippen molar-refractivity contribution in [2.45, 2.75) is 18.6 Å². The molecule has 1 aromatic carbocycles. The number of amidine groups is 1. The number of hydrogen-bond acceptors (Lipinski definition) is 6. The number of carbonyl (C=O) groups excluding carboxylic acids is 1. The first kappa shape index (κ1) is 16.3. The van der Waals surface area contributed by atoms with Gasteiger partial charge in [0.15, 0.2) is 5.17 Å². The number of aromatic hydroxyl groups is 1. The monoisotopic (exact) mass is 341 g/mol. The van der Waals surface area contributed by atoms with Gasteiger partial charge in [-0.3, -0.25) is 9.59 Å². The van der Waals surface area contributed by atoms with Gasteiger partial charge in [0, 0.05) is 10.6 Å². The molecule has 22 heavy (non-hydrogen) atoms. The van der Waals surface area contributed by atoms with Gasteiger partial charge in [-0.05, 0) is 25.1 Å². The van der Waals surface area contributed by atoms with E-state index in [4.69, 9.17) is 16.7 Å². The molecule has 1 saturated heterocycles. The van der Waals surface area contributed by atoms with Gasteiger partial charge in [-0.25, -0.2) is 0 Å². The molecule has 0 saturated carbocycles. The van der Waals surface area contributed by atoms with Gasteiger partial charge < -0.3 is 15.5 Å². The second kappa shape index (κ2) is 6.80. The molecule has 0 unspecified atom stereocenters. The molecule has 1 atom stereocenters. The second-order valence-corrected chi connectivity index (χ2v) is 6.07. The van der Waals surface area contributed by atoms with Crippen LogP contribution in [0, 0.1) is 0 Å². The number of carbonyl (C=O) groups is 2. The minimum absolute atomic E-state index is 0.0118. The zero-order valence-electron chi connectivity index (χ0n) is 11.4. The number of nitrogens with zero attached hydrogens (tertiary/aromatic N) is 2. The van der Waals surface area contributed by atoms with Gasteiger partial charge in [0.2, 0.25) is 5.91 Å². The van der Waals surface area contributed by atoms with E-state index in [1.807, 2.05) is 0 Å². The number of amides is 1. The number of nitrogens with one attached hydrogen (secondary N) is 1. The van der Waals surface area contributed by atoms with Crippen LogP contribution in [0.2, 0.25) is 5.02 Å². The summed E-state index contributed by atoms with van der Waals surface area (Å²) < 4.78 is 0. The molecule has 0 bridgehead atoms. The summed E-state index contributed by atoms with van der Waals surface area (Å²) in [4.78, 5) is 22.2. The molecule has 0 spiro atoms. The van der Waals surface area contributed by atoms with Gasteiger partial charge in [-0.1, -0.05) is 23.4 Å². The number of rotatable bonds is 4. The normalized spacial score (nSPS) is 20.3. The van der Waals surface area contributed by atoms with Crippen LogP contribution in [-0.2, 0) is 9.59 Å². The Balaban J connectivity index is 2.15. The predicted molar refractivity (Wildman–Crippen MR) is 84.5 cm³/mol. The molecule has 1 fully saturated rings. The lowest BCUT2D eigenvalue weighted by Gasteiger charge is -2.03. The molecule has 1 aromatic rings. The summed E-state index contributed by atoms with van der Waals surface area (Å²) in [5, 5.41) is 28.7. The summed E-state index contributed by atoms with van der Waals surface area (Å²) in [6.45, 7) is 1.63. The van der Waals surface area contributed by atoms with Crippen LogP contribution < -0.4 is 5.32 Å². The highest BCUT2D eigenvalue weighted by Crippen LogP contribution is 2.24. The molecular formula is C13H12ClN3O4S. The van der Waals surface area contributed by atoms with Crippen LogP contribution in [0.15, 0.2) is 28.4 Å². The molecule has 2 rings (SSSR count). The van der Waals surface area contributed by atoms with E-state index in [1.54, 1.807) is 19.1 Å². The maximum absolute atomic E-state index is 11.6. The summed E-state index contributed by atoms with van der Waals surface area (Å²) in [7, 11) is 0. The third-order valence-electron chi connectivity index (χ3n) is 2.78. The molecule has 0 aromatic heterocycles. The van der Waals surface area contributed by atoms with E-state index in [0.717, 1.165) is 11.8 Å². The van der Waals surface area contributed by atoms with E-state index in [0.29, 0.717) is 16.3 Å². The fourth-order valence-corrected chi connectivity index (χ4v) is 2.80. The predicted octanol–water partition coefficient (Wildman–Crippen LogP) is 1.83. The fourth-order valence-electron chi connectivity index (χ4n) is 1.72. The van der Waals surface area contributed by atoms with Gasteiger partial charge >= 0.3 is 5.97 Å². The van der Waals surface area contributed by atoms with E-state index >= 15 is 0 Å². The highest BCUT2D eigenvalue weighted by atomic mass is 35.5. The van der Waals surface area contributed by atoms with Crippen LogP contribution in [0.4, 0.5) is 0 Å². The lowest BCUT2D eigenvalue weighted by molar-refractivity contribution is -0.138. The molecule has 0 aliphatic carbocycles. The second-order valence-electron chi connectivity index (χ2n) is 4.45. The lowest BCUT2D eigenvalue weighted by Crippen LogP contribution is -2.26. The third-order valence-corrected chi connectivity index (χ3v) is 4.08. The Morgan fingerprint density at radius 2 is 2.23 bits per heavy atom. The minimum atomic E-state index is -1.06. The van der Waals surface area contributed by atoms with Crippen molar-refractivity contribution in [3.63, 3.8) is 0 Å². The molecule has 1 aliphatic rings. The fraction of sp³-hybridized carbons (Fsp3) is 0.231. The van der Waals surface area contributed by atoms with Gasteiger partial charge in [0.05, 0.1) is 12.1 Å². The maximum Gasteiger partial charge on any atom is 0.305 e. The number of thioether (sulfide) groups is 1.